The maximum atomic E-state index is 13.6. The molecule has 0 fully saturated rings. The number of ether oxygens (including phenoxy) is 2. The molecule has 0 bridgehead atoms. The monoisotopic (exact) mass is 432 g/mol. The molecule has 0 radical (unpaired) electrons. The largest absolute Gasteiger partial charge is 0.494 e. The number of carbonyl (C=O) groups is 1. The second kappa shape index (κ2) is 9.78. The van der Waals surface area contributed by atoms with Crippen LogP contribution in [0, 0.1) is 5.82 Å². The average molecular weight is 432 g/mol. The van der Waals surface area contributed by atoms with E-state index in [1.165, 1.54) is 12.3 Å². The second-order valence-corrected chi connectivity index (χ2v) is 6.89. The van der Waals surface area contributed by atoms with Gasteiger partial charge in [0.2, 0.25) is 0 Å². The summed E-state index contributed by atoms with van der Waals surface area (Å²) >= 11 is 0. The third-order valence-corrected chi connectivity index (χ3v) is 4.63. The molecule has 0 saturated heterocycles. The Morgan fingerprint density at radius 3 is 2.59 bits per heavy atom. The second-order valence-electron chi connectivity index (χ2n) is 6.89. The van der Waals surface area contributed by atoms with Crippen molar-refractivity contribution < 1.29 is 23.1 Å². The zero-order valence-corrected chi connectivity index (χ0v) is 17.4. The summed E-state index contributed by atoms with van der Waals surface area (Å²) in [5, 5.41) is 4.74. The number of halogens is 1. The van der Waals surface area contributed by atoms with Crippen LogP contribution in [-0.4, -0.2) is 18.7 Å². The highest BCUT2D eigenvalue weighted by atomic mass is 19.1. The number of amides is 1. The van der Waals surface area contributed by atoms with Gasteiger partial charge in [-0.3, -0.25) is 4.79 Å². The molecule has 0 atom stereocenters. The first kappa shape index (κ1) is 21.1. The Morgan fingerprint density at radius 2 is 1.81 bits per heavy atom. The molecule has 0 saturated carbocycles. The lowest BCUT2D eigenvalue weighted by Crippen LogP contribution is -2.16. The molecular formula is C25H21FN2O4. The number of nitrogens with zero attached hydrogens (tertiary/aromatic N) is 1. The molecule has 0 spiro atoms. The molecule has 32 heavy (non-hydrogen) atoms. The van der Waals surface area contributed by atoms with E-state index in [0.29, 0.717) is 29.3 Å². The van der Waals surface area contributed by atoms with Crippen LogP contribution in [0.25, 0.3) is 11.0 Å². The van der Waals surface area contributed by atoms with E-state index in [1.807, 2.05) is 13.0 Å². The highest BCUT2D eigenvalue weighted by Crippen LogP contribution is 2.24. The molecule has 0 aliphatic carbocycles. The minimum absolute atomic E-state index is 0.139. The number of carbonyl (C=O) groups excluding carboxylic acids is 1. The van der Waals surface area contributed by atoms with Gasteiger partial charge in [-0.05, 0) is 67.1 Å². The van der Waals surface area contributed by atoms with Crippen molar-refractivity contribution in [1.29, 1.82) is 0 Å². The van der Waals surface area contributed by atoms with E-state index in [9.17, 15) is 9.18 Å². The van der Waals surface area contributed by atoms with E-state index in [-0.39, 0.29) is 18.2 Å². The quantitative estimate of drug-likeness (QED) is 0.302. The van der Waals surface area contributed by atoms with E-state index in [2.05, 4.69) is 10.5 Å². The fraction of sp³-hybridized carbons (Fsp3) is 0.120. The summed E-state index contributed by atoms with van der Waals surface area (Å²) in [5.41, 5.74) is 4.28. The topological polar surface area (TPSA) is 73.1 Å². The van der Waals surface area contributed by atoms with Crippen molar-refractivity contribution in [3.8, 4) is 11.5 Å². The first-order chi connectivity index (χ1) is 15.6. The number of hydrogen-bond donors (Lipinski definition) is 1. The van der Waals surface area contributed by atoms with Crippen LogP contribution >= 0.6 is 0 Å². The zero-order chi connectivity index (χ0) is 22.3. The first-order valence-corrected chi connectivity index (χ1v) is 10.1. The van der Waals surface area contributed by atoms with Gasteiger partial charge in [-0.15, -0.1) is 0 Å². The number of furan rings is 1. The van der Waals surface area contributed by atoms with Gasteiger partial charge in [0.05, 0.1) is 12.8 Å². The van der Waals surface area contributed by atoms with E-state index < -0.39 is 5.91 Å². The smallest absolute Gasteiger partial charge is 0.307 e. The average Bonchev–Trinajstić information content (AvgIpc) is 3.23. The van der Waals surface area contributed by atoms with Crippen LogP contribution in [0.4, 0.5) is 4.39 Å². The third-order valence-electron chi connectivity index (χ3n) is 4.63. The van der Waals surface area contributed by atoms with E-state index >= 15 is 0 Å². The summed E-state index contributed by atoms with van der Waals surface area (Å²) in [6, 6.07) is 20.5. The van der Waals surface area contributed by atoms with Crippen LogP contribution in [0.2, 0.25) is 0 Å². The number of fused-ring (bicyclic) bond motifs is 1. The molecule has 6 nitrogen and oxygen atoms in total. The summed E-state index contributed by atoms with van der Waals surface area (Å²) in [4.78, 5) is 12.3. The van der Waals surface area contributed by atoms with Crippen molar-refractivity contribution >= 4 is 23.1 Å². The molecule has 162 valence electrons. The predicted molar refractivity (Wildman–Crippen MR) is 120 cm³/mol. The highest BCUT2D eigenvalue weighted by molar-refractivity contribution is 5.96. The molecular weight excluding hydrogens is 411 g/mol. The van der Waals surface area contributed by atoms with Crippen LogP contribution in [-0.2, 0) is 6.61 Å². The number of nitrogens with one attached hydrogen (secondary N) is 1. The van der Waals surface area contributed by atoms with Gasteiger partial charge < -0.3 is 13.9 Å². The molecule has 0 unspecified atom stereocenters. The summed E-state index contributed by atoms with van der Waals surface area (Å²) in [5.74, 6) is 0.712. The van der Waals surface area contributed by atoms with Crippen molar-refractivity contribution in [2.24, 2.45) is 5.10 Å². The van der Waals surface area contributed by atoms with Crippen LogP contribution in [0.3, 0.4) is 0 Å². The van der Waals surface area contributed by atoms with Crippen LogP contribution in [0.1, 0.15) is 28.6 Å². The Hall–Kier alpha value is -4.13. The Labute approximate surface area is 184 Å². The Balaban J connectivity index is 1.33. The van der Waals surface area contributed by atoms with Crippen LogP contribution in [0.5, 0.6) is 11.5 Å². The molecule has 0 aliphatic rings. The predicted octanol–water partition coefficient (Wildman–Crippen LogP) is 5.31. The Kier molecular flexibility index (Phi) is 6.46. The minimum Gasteiger partial charge on any atom is -0.494 e. The van der Waals surface area contributed by atoms with Crippen molar-refractivity contribution in [2.45, 2.75) is 13.5 Å². The van der Waals surface area contributed by atoms with Gasteiger partial charge in [0.25, 0.3) is 0 Å². The standard InChI is InChI=1S/C25H21FN2O4/c1-2-30-21-11-12-23-19(13-21)14-24(32-23)25(29)28-27-15-17-7-9-20(10-8-17)31-16-18-5-3-4-6-22(18)26/h3-15H,2,16H2,1H3,(H,28,29)/b27-15+. The fourth-order valence-corrected chi connectivity index (χ4v) is 3.04. The van der Waals surface area contributed by atoms with Crippen LogP contribution in [0.15, 0.2) is 82.3 Å². The fourth-order valence-electron chi connectivity index (χ4n) is 3.04. The van der Waals surface area contributed by atoms with Crippen molar-refractivity contribution in [2.75, 3.05) is 6.61 Å². The van der Waals surface area contributed by atoms with Crippen molar-refractivity contribution in [1.82, 2.24) is 5.43 Å². The SMILES string of the molecule is CCOc1ccc2oc(C(=O)N/N=C/c3ccc(OCc4ccccc4F)cc3)cc2c1. The highest BCUT2D eigenvalue weighted by Gasteiger charge is 2.12. The van der Waals surface area contributed by atoms with Gasteiger partial charge in [-0.2, -0.15) is 5.10 Å². The molecule has 1 heterocycles. The number of hydrazone groups is 1. The summed E-state index contributed by atoms with van der Waals surface area (Å²) in [6.07, 6.45) is 1.51. The van der Waals surface area contributed by atoms with Crippen molar-refractivity contribution in [3.63, 3.8) is 0 Å². The lowest BCUT2D eigenvalue weighted by atomic mass is 10.2. The van der Waals surface area contributed by atoms with E-state index in [4.69, 9.17) is 13.9 Å². The van der Waals surface area contributed by atoms with Crippen LogP contribution < -0.4 is 14.9 Å². The number of benzene rings is 3. The normalized spacial score (nSPS) is 11.1. The van der Waals surface area contributed by atoms with Gasteiger partial charge in [0.1, 0.15) is 29.5 Å². The molecule has 4 rings (SSSR count). The molecule has 7 heteroatoms. The van der Waals surface area contributed by atoms with Gasteiger partial charge in [0.15, 0.2) is 5.76 Å². The third kappa shape index (κ3) is 5.13. The Morgan fingerprint density at radius 1 is 1.03 bits per heavy atom. The maximum Gasteiger partial charge on any atom is 0.307 e. The van der Waals surface area contributed by atoms with Gasteiger partial charge in [0, 0.05) is 10.9 Å². The van der Waals surface area contributed by atoms with Gasteiger partial charge >= 0.3 is 5.91 Å². The van der Waals surface area contributed by atoms with Gasteiger partial charge in [-0.25, -0.2) is 9.82 Å². The molecule has 1 N–H and O–H groups in total. The summed E-state index contributed by atoms with van der Waals surface area (Å²) < 4.78 is 30.3. The number of hydrogen-bond acceptors (Lipinski definition) is 5. The molecule has 1 aromatic heterocycles. The molecule has 3 aromatic carbocycles. The van der Waals surface area contributed by atoms with Gasteiger partial charge in [-0.1, -0.05) is 18.2 Å². The number of rotatable bonds is 8. The molecule has 0 aliphatic heterocycles. The van der Waals surface area contributed by atoms with Crippen molar-refractivity contribution in [3.05, 3.63) is 95.5 Å². The first-order valence-electron chi connectivity index (χ1n) is 10.1. The summed E-state index contributed by atoms with van der Waals surface area (Å²) in [7, 11) is 0. The molecule has 1 amide bonds. The van der Waals surface area contributed by atoms with E-state index in [1.54, 1.807) is 60.7 Å². The summed E-state index contributed by atoms with van der Waals surface area (Å²) in [6.45, 7) is 2.60. The molecule has 4 aromatic rings. The zero-order valence-electron chi connectivity index (χ0n) is 17.4. The Bertz CT molecular complexity index is 1250. The lowest BCUT2D eigenvalue weighted by molar-refractivity contribution is 0.0929. The minimum atomic E-state index is -0.458. The van der Waals surface area contributed by atoms with E-state index in [0.717, 1.165) is 10.9 Å². The maximum absolute atomic E-state index is 13.6. The lowest BCUT2D eigenvalue weighted by Gasteiger charge is -2.07.